The molecule has 7 heteroatoms. The van der Waals surface area contributed by atoms with Gasteiger partial charge in [0.25, 0.3) is 5.91 Å². The lowest BCUT2D eigenvalue weighted by atomic mass is 10.1. The number of carbonyl (C=O) groups excluding carboxylic acids is 1. The normalized spacial score (nSPS) is 15.3. The Morgan fingerprint density at radius 2 is 1.86 bits per heavy atom. The Balaban J connectivity index is 1.38. The highest BCUT2D eigenvalue weighted by molar-refractivity contribution is 7.13. The number of carbonyl (C=O) groups is 1. The Bertz CT molecular complexity index is 1250. The van der Waals surface area contributed by atoms with Crippen molar-refractivity contribution in [3.63, 3.8) is 0 Å². The molecule has 0 radical (unpaired) electrons. The summed E-state index contributed by atoms with van der Waals surface area (Å²) < 4.78 is 0. The van der Waals surface area contributed by atoms with E-state index in [2.05, 4.69) is 70.1 Å². The molecule has 1 aliphatic rings. The molecule has 4 rings (SSSR count). The zero-order chi connectivity index (χ0) is 26.2. The van der Waals surface area contributed by atoms with Gasteiger partial charge in [-0.3, -0.25) is 9.69 Å². The van der Waals surface area contributed by atoms with E-state index in [-0.39, 0.29) is 5.91 Å². The van der Waals surface area contributed by atoms with Gasteiger partial charge in [-0.25, -0.2) is 4.98 Å². The van der Waals surface area contributed by atoms with Crippen LogP contribution < -0.4 is 10.6 Å². The quantitative estimate of drug-likeness (QED) is 0.316. The van der Waals surface area contributed by atoms with Crippen molar-refractivity contribution in [3.8, 4) is 0 Å². The lowest BCUT2D eigenvalue weighted by Crippen LogP contribution is -2.43. The van der Waals surface area contributed by atoms with Crippen LogP contribution in [0.25, 0.3) is 5.57 Å². The number of nitrogens with zero attached hydrogens (tertiary/aromatic N) is 3. The van der Waals surface area contributed by atoms with Gasteiger partial charge in [0, 0.05) is 55.0 Å². The summed E-state index contributed by atoms with van der Waals surface area (Å²) in [6.45, 7) is 11.5. The van der Waals surface area contributed by atoms with E-state index in [1.807, 2.05) is 44.2 Å². The molecule has 2 heterocycles. The summed E-state index contributed by atoms with van der Waals surface area (Å²) in [5.41, 5.74) is 6.71. The van der Waals surface area contributed by atoms with Crippen LogP contribution in [0.5, 0.6) is 0 Å². The van der Waals surface area contributed by atoms with Crippen LogP contribution in [0.2, 0.25) is 0 Å². The summed E-state index contributed by atoms with van der Waals surface area (Å²) in [5.74, 6) is -0.113. The van der Waals surface area contributed by atoms with Crippen molar-refractivity contribution in [1.29, 1.82) is 0 Å². The summed E-state index contributed by atoms with van der Waals surface area (Å²) >= 11 is 1.57. The first kappa shape index (κ1) is 26.8. The topological polar surface area (TPSA) is 60.5 Å². The highest BCUT2D eigenvalue weighted by Gasteiger charge is 2.14. The van der Waals surface area contributed by atoms with Crippen molar-refractivity contribution < 1.29 is 4.79 Å². The molecule has 0 bridgehead atoms. The molecule has 3 aromatic rings. The Hall–Kier alpha value is -3.26. The molecule has 0 saturated carbocycles. The van der Waals surface area contributed by atoms with Crippen molar-refractivity contribution in [2.45, 2.75) is 33.7 Å². The number of nitrogens with one attached hydrogen (secondary N) is 2. The molecule has 6 nitrogen and oxygen atoms in total. The Labute approximate surface area is 224 Å². The molecule has 37 heavy (non-hydrogen) atoms. The van der Waals surface area contributed by atoms with Crippen LogP contribution >= 0.6 is 11.3 Å². The smallest absolute Gasteiger partial charge is 0.255 e. The van der Waals surface area contributed by atoms with E-state index >= 15 is 0 Å². The van der Waals surface area contributed by atoms with Crippen LogP contribution in [0.4, 0.5) is 16.5 Å². The summed E-state index contributed by atoms with van der Waals surface area (Å²) in [6.07, 6.45) is 7.31. The van der Waals surface area contributed by atoms with Crippen molar-refractivity contribution in [2.24, 2.45) is 0 Å². The van der Waals surface area contributed by atoms with E-state index in [0.29, 0.717) is 5.56 Å². The molecule has 1 aliphatic heterocycles. The molecule has 0 atom stereocenters. The third-order valence-electron chi connectivity index (χ3n) is 6.60. The second-order valence-electron chi connectivity index (χ2n) is 9.48. The van der Waals surface area contributed by atoms with Gasteiger partial charge in [0.1, 0.15) is 0 Å². The number of anilines is 3. The number of hydrogen-bond acceptors (Lipinski definition) is 6. The fourth-order valence-corrected chi connectivity index (χ4v) is 4.95. The Morgan fingerprint density at radius 1 is 1.11 bits per heavy atom. The highest BCUT2D eigenvalue weighted by Crippen LogP contribution is 2.29. The Morgan fingerprint density at radius 3 is 2.57 bits per heavy atom. The summed E-state index contributed by atoms with van der Waals surface area (Å²) in [4.78, 5) is 22.5. The molecule has 0 aliphatic carbocycles. The fraction of sp³-hybridized carbons (Fsp3) is 0.333. The molecular weight excluding hydrogens is 478 g/mol. The number of hydrogen-bond donors (Lipinski definition) is 2. The first-order chi connectivity index (χ1) is 17.9. The lowest BCUT2D eigenvalue weighted by Gasteiger charge is -2.32. The molecule has 1 aromatic heterocycles. The van der Waals surface area contributed by atoms with Gasteiger partial charge in [0.2, 0.25) is 0 Å². The summed E-state index contributed by atoms with van der Waals surface area (Å²) in [7, 11) is 2.17. The zero-order valence-electron chi connectivity index (χ0n) is 22.3. The lowest BCUT2D eigenvalue weighted by molar-refractivity contribution is 0.102. The highest BCUT2D eigenvalue weighted by atomic mass is 32.1. The molecule has 194 valence electrons. The largest absolute Gasteiger partial charge is 0.331 e. The van der Waals surface area contributed by atoms with Gasteiger partial charge in [0.05, 0.1) is 5.69 Å². The van der Waals surface area contributed by atoms with Gasteiger partial charge < -0.3 is 15.5 Å². The molecule has 1 saturated heterocycles. The Kier molecular flexibility index (Phi) is 9.28. The van der Waals surface area contributed by atoms with Crippen LogP contribution in [0.15, 0.2) is 66.1 Å². The number of rotatable bonds is 9. The monoisotopic (exact) mass is 515 g/mol. The van der Waals surface area contributed by atoms with Crippen LogP contribution in [-0.2, 0) is 6.54 Å². The summed E-state index contributed by atoms with van der Waals surface area (Å²) in [6, 6.07) is 13.8. The van der Waals surface area contributed by atoms with Gasteiger partial charge in [-0.2, -0.15) is 0 Å². The van der Waals surface area contributed by atoms with Crippen LogP contribution in [0.1, 0.15) is 47.4 Å². The number of benzene rings is 2. The van der Waals surface area contributed by atoms with E-state index in [9.17, 15) is 4.79 Å². The molecule has 0 unspecified atom stereocenters. The molecule has 1 fully saturated rings. The number of allylic oxidation sites excluding steroid dienone is 4. The molecule has 2 N–H and O–H groups in total. The average molecular weight is 516 g/mol. The van der Waals surface area contributed by atoms with Crippen molar-refractivity contribution >= 4 is 39.3 Å². The first-order valence-electron chi connectivity index (χ1n) is 12.9. The number of amides is 1. The van der Waals surface area contributed by atoms with Crippen molar-refractivity contribution in [2.75, 3.05) is 43.9 Å². The fourth-order valence-electron chi connectivity index (χ4n) is 4.22. The van der Waals surface area contributed by atoms with Crippen LogP contribution in [0, 0.1) is 6.92 Å². The third-order valence-corrected chi connectivity index (χ3v) is 7.36. The molecule has 2 aromatic carbocycles. The molecular formula is C30H37N5OS. The van der Waals surface area contributed by atoms with Crippen LogP contribution in [-0.4, -0.2) is 53.9 Å². The SMILES string of the molecule is C/C=C(\C=C/CC)c1csc(Nc2cc(NC(=O)c3ccc(CN4CCN(C)CC4)cc3)ccc2C)n1. The predicted octanol–water partition coefficient (Wildman–Crippen LogP) is 6.56. The third kappa shape index (κ3) is 7.38. The molecule has 0 spiro atoms. The van der Waals surface area contributed by atoms with E-state index in [1.54, 1.807) is 11.3 Å². The van der Waals surface area contributed by atoms with E-state index < -0.39 is 0 Å². The van der Waals surface area contributed by atoms with Gasteiger partial charge in [-0.05, 0) is 68.3 Å². The zero-order valence-corrected chi connectivity index (χ0v) is 23.1. The standard InChI is InChI=1S/C30H37N5OS/c1-5-7-8-24(6-2)28-21-37-30(33-28)32-27-19-26(14-9-22(27)3)31-29(36)25-12-10-23(11-13-25)20-35-17-15-34(4)16-18-35/h6-14,19,21H,5,15-18,20H2,1-4H3,(H,31,36)(H,32,33)/b8-7-,24-6+. The maximum absolute atomic E-state index is 12.9. The van der Waals surface area contributed by atoms with Gasteiger partial charge in [-0.15, -0.1) is 11.3 Å². The van der Waals surface area contributed by atoms with E-state index in [0.717, 1.165) is 72.5 Å². The summed E-state index contributed by atoms with van der Waals surface area (Å²) in [5, 5.41) is 9.35. The van der Waals surface area contributed by atoms with Gasteiger partial charge in [0.15, 0.2) is 5.13 Å². The van der Waals surface area contributed by atoms with Crippen molar-refractivity contribution in [1.82, 2.24) is 14.8 Å². The number of aromatic nitrogens is 1. The van der Waals surface area contributed by atoms with Gasteiger partial charge >= 0.3 is 0 Å². The average Bonchev–Trinajstić information content (AvgIpc) is 3.36. The van der Waals surface area contributed by atoms with Gasteiger partial charge in [-0.1, -0.05) is 43.4 Å². The minimum absolute atomic E-state index is 0.113. The number of thiazole rings is 1. The minimum atomic E-state index is -0.113. The minimum Gasteiger partial charge on any atom is -0.331 e. The second kappa shape index (κ2) is 12.8. The number of aryl methyl sites for hydroxylation is 1. The maximum atomic E-state index is 12.9. The maximum Gasteiger partial charge on any atom is 0.255 e. The predicted molar refractivity (Wildman–Crippen MR) is 157 cm³/mol. The number of piperazine rings is 1. The second-order valence-corrected chi connectivity index (χ2v) is 10.3. The molecule has 1 amide bonds. The number of likely N-dealkylation sites (N-methyl/N-ethyl adjacent to an activating group) is 1. The van der Waals surface area contributed by atoms with E-state index in [1.165, 1.54) is 5.56 Å². The first-order valence-corrected chi connectivity index (χ1v) is 13.8. The van der Waals surface area contributed by atoms with E-state index in [4.69, 9.17) is 4.98 Å². The van der Waals surface area contributed by atoms with Crippen molar-refractivity contribution in [3.05, 3.63) is 88.5 Å². The van der Waals surface area contributed by atoms with Crippen LogP contribution in [0.3, 0.4) is 0 Å².